The number of hydrogen-bond acceptors (Lipinski definition) is 1. The molecule has 0 radical (unpaired) electrons. The Balaban J connectivity index is 1.99. The number of rotatable bonds is 3. The summed E-state index contributed by atoms with van der Waals surface area (Å²) in [6.07, 6.45) is 3.76. The molecule has 3 rings (SSSR count). The van der Waals surface area contributed by atoms with Crippen LogP contribution >= 0.6 is 0 Å². The topological polar surface area (TPSA) is 34.4 Å². The standard InChI is InChI=1S/C19H20N2OS/c1-19(2,3)23(22)20-14-15-9-10-16-11-12-21(18(16)13-15)17-7-5-4-6-8-17/h4-14H,1-3H3. The summed E-state index contributed by atoms with van der Waals surface area (Å²) in [7, 11) is -1.24. The molecule has 1 heterocycles. The first-order valence-corrected chi connectivity index (χ1v) is 8.68. The first-order chi connectivity index (χ1) is 10.9. The highest BCUT2D eigenvalue weighted by atomic mass is 32.2. The molecule has 0 saturated heterocycles. The molecule has 0 fully saturated rings. The lowest BCUT2D eigenvalue weighted by Gasteiger charge is -2.12. The van der Waals surface area contributed by atoms with Gasteiger partial charge in [-0.05, 0) is 56.0 Å². The molecule has 0 bridgehead atoms. The highest BCUT2D eigenvalue weighted by Gasteiger charge is 2.18. The van der Waals surface area contributed by atoms with Crippen LogP contribution in [0.3, 0.4) is 0 Å². The van der Waals surface area contributed by atoms with Crippen LogP contribution in [0, 0.1) is 0 Å². The maximum atomic E-state index is 12.0. The van der Waals surface area contributed by atoms with E-state index in [0.717, 1.165) is 16.8 Å². The molecule has 4 heteroatoms. The summed E-state index contributed by atoms with van der Waals surface area (Å²) in [6.45, 7) is 5.76. The zero-order chi connectivity index (χ0) is 16.4. The molecule has 0 aliphatic heterocycles. The van der Waals surface area contributed by atoms with Crippen LogP contribution in [0.4, 0.5) is 0 Å². The highest BCUT2D eigenvalue weighted by Crippen LogP contribution is 2.21. The molecule has 0 saturated carbocycles. The second-order valence-electron chi connectivity index (χ2n) is 6.44. The van der Waals surface area contributed by atoms with Crippen molar-refractivity contribution in [1.82, 2.24) is 4.57 Å². The van der Waals surface area contributed by atoms with Crippen molar-refractivity contribution in [2.24, 2.45) is 4.40 Å². The zero-order valence-electron chi connectivity index (χ0n) is 13.6. The molecule has 23 heavy (non-hydrogen) atoms. The van der Waals surface area contributed by atoms with E-state index in [2.05, 4.69) is 45.5 Å². The summed E-state index contributed by atoms with van der Waals surface area (Å²) in [4.78, 5) is 0. The van der Waals surface area contributed by atoms with E-state index in [1.807, 2.05) is 45.0 Å². The van der Waals surface area contributed by atoms with E-state index >= 15 is 0 Å². The van der Waals surface area contributed by atoms with Crippen molar-refractivity contribution >= 4 is 28.1 Å². The molecule has 3 aromatic rings. The average Bonchev–Trinajstić information content (AvgIpc) is 2.95. The maximum Gasteiger partial charge on any atom is 0.144 e. The lowest BCUT2D eigenvalue weighted by molar-refractivity contribution is 0.651. The van der Waals surface area contributed by atoms with Gasteiger partial charge in [-0.3, -0.25) is 0 Å². The number of hydrogen-bond donors (Lipinski definition) is 0. The van der Waals surface area contributed by atoms with Crippen molar-refractivity contribution in [3.63, 3.8) is 0 Å². The minimum Gasteiger partial charge on any atom is -0.317 e. The molecule has 1 aromatic heterocycles. The van der Waals surface area contributed by atoms with Gasteiger partial charge < -0.3 is 4.57 Å². The van der Waals surface area contributed by atoms with Gasteiger partial charge in [-0.25, -0.2) is 4.21 Å². The number of nitrogens with zero attached hydrogens (tertiary/aromatic N) is 2. The quantitative estimate of drug-likeness (QED) is 0.653. The van der Waals surface area contributed by atoms with E-state index < -0.39 is 11.0 Å². The van der Waals surface area contributed by atoms with Gasteiger partial charge in [0.2, 0.25) is 0 Å². The van der Waals surface area contributed by atoms with E-state index in [1.54, 1.807) is 6.21 Å². The maximum absolute atomic E-state index is 12.0. The van der Waals surface area contributed by atoms with Crippen LogP contribution in [-0.4, -0.2) is 19.7 Å². The lowest BCUT2D eigenvalue weighted by Crippen LogP contribution is -2.19. The van der Waals surface area contributed by atoms with Crippen molar-refractivity contribution < 1.29 is 4.21 Å². The summed E-state index contributed by atoms with van der Waals surface area (Å²) >= 11 is 0. The average molecular weight is 324 g/mol. The minimum atomic E-state index is -1.24. The van der Waals surface area contributed by atoms with E-state index in [-0.39, 0.29) is 4.75 Å². The molecule has 0 amide bonds. The van der Waals surface area contributed by atoms with Crippen LogP contribution in [0.25, 0.3) is 16.6 Å². The molecular formula is C19H20N2OS. The third kappa shape index (κ3) is 3.42. The van der Waals surface area contributed by atoms with Gasteiger partial charge in [0, 0.05) is 18.1 Å². The highest BCUT2D eigenvalue weighted by molar-refractivity contribution is 7.85. The molecule has 3 nitrogen and oxygen atoms in total. The molecule has 0 spiro atoms. The molecule has 2 aromatic carbocycles. The van der Waals surface area contributed by atoms with Crippen LogP contribution in [-0.2, 0) is 11.0 Å². The predicted octanol–water partition coefficient (Wildman–Crippen LogP) is 4.51. The normalized spacial score (nSPS) is 13.7. The van der Waals surface area contributed by atoms with Crippen molar-refractivity contribution in [3.8, 4) is 5.69 Å². The SMILES string of the molecule is CC(C)(C)S(=O)N=Cc1ccc2ccn(-c3ccccc3)c2c1. The van der Waals surface area contributed by atoms with E-state index in [0.29, 0.717) is 0 Å². The molecule has 0 aliphatic carbocycles. The molecule has 1 atom stereocenters. The summed E-state index contributed by atoms with van der Waals surface area (Å²) in [5.74, 6) is 0. The van der Waals surface area contributed by atoms with Gasteiger partial charge in [0.15, 0.2) is 0 Å². The summed E-state index contributed by atoms with van der Waals surface area (Å²) in [5.41, 5.74) is 3.18. The summed E-state index contributed by atoms with van der Waals surface area (Å²) in [6, 6.07) is 18.5. The first kappa shape index (κ1) is 15.7. The van der Waals surface area contributed by atoms with Crippen molar-refractivity contribution in [3.05, 3.63) is 66.4 Å². The molecule has 118 valence electrons. The fraction of sp³-hybridized carbons (Fsp3) is 0.211. The third-order valence-corrected chi connectivity index (χ3v) is 4.92. The van der Waals surface area contributed by atoms with Crippen LogP contribution in [0.5, 0.6) is 0 Å². The van der Waals surface area contributed by atoms with E-state index in [9.17, 15) is 4.21 Å². The van der Waals surface area contributed by atoms with Crippen LogP contribution < -0.4 is 0 Å². The van der Waals surface area contributed by atoms with Gasteiger partial charge in [0.1, 0.15) is 11.0 Å². The summed E-state index contributed by atoms with van der Waals surface area (Å²) in [5, 5.41) is 1.17. The Hall–Kier alpha value is -2.20. The van der Waals surface area contributed by atoms with Crippen molar-refractivity contribution in [2.45, 2.75) is 25.5 Å². The molecule has 0 N–H and O–H groups in total. The second-order valence-corrected chi connectivity index (χ2v) is 8.37. The molecule has 0 aliphatic rings. The Morgan fingerprint density at radius 2 is 1.78 bits per heavy atom. The first-order valence-electron chi connectivity index (χ1n) is 7.58. The number of para-hydroxylation sites is 1. The predicted molar refractivity (Wildman–Crippen MR) is 98.8 cm³/mol. The summed E-state index contributed by atoms with van der Waals surface area (Å²) < 4.78 is 18.0. The Bertz CT molecular complexity index is 873. The number of fused-ring (bicyclic) bond motifs is 1. The van der Waals surface area contributed by atoms with Gasteiger partial charge >= 0.3 is 0 Å². The fourth-order valence-corrected chi connectivity index (χ4v) is 2.84. The van der Waals surface area contributed by atoms with E-state index in [4.69, 9.17) is 0 Å². The lowest BCUT2D eigenvalue weighted by atomic mass is 10.2. The minimum absolute atomic E-state index is 0.342. The Kier molecular flexibility index (Phi) is 4.18. The monoisotopic (exact) mass is 324 g/mol. The molecular weight excluding hydrogens is 304 g/mol. The third-order valence-electron chi connectivity index (χ3n) is 3.57. The number of benzene rings is 2. The zero-order valence-corrected chi connectivity index (χ0v) is 14.4. The van der Waals surface area contributed by atoms with E-state index in [1.165, 1.54) is 5.39 Å². The van der Waals surface area contributed by atoms with Gasteiger partial charge in [0.25, 0.3) is 0 Å². The van der Waals surface area contributed by atoms with Gasteiger partial charge in [-0.15, -0.1) is 0 Å². The largest absolute Gasteiger partial charge is 0.317 e. The number of aromatic nitrogens is 1. The van der Waals surface area contributed by atoms with Gasteiger partial charge in [0.05, 0.1) is 10.3 Å². The molecule has 1 unspecified atom stereocenters. The van der Waals surface area contributed by atoms with Crippen LogP contribution in [0.1, 0.15) is 26.3 Å². The Labute approximate surface area is 139 Å². The Morgan fingerprint density at radius 3 is 2.48 bits per heavy atom. The van der Waals surface area contributed by atoms with Crippen molar-refractivity contribution in [1.29, 1.82) is 0 Å². The van der Waals surface area contributed by atoms with Gasteiger partial charge in [-0.1, -0.05) is 30.3 Å². The van der Waals surface area contributed by atoms with Crippen LogP contribution in [0.15, 0.2) is 65.2 Å². The Morgan fingerprint density at radius 1 is 1.04 bits per heavy atom. The smallest absolute Gasteiger partial charge is 0.144 e. The van der Waals surface area contributed by atoms with Gasteiger partial charge in [-0.2, -0.15) is 4.40 Å². The fourth-order valence-electron chi connectivity index (χ4n) is 2.31. The van der Waals surface area contributed by atoms with Crippen molar-refractivity contribution in [2.75, 3.05) is 0 Å². The second kappa shape index (κ2) is 6.13. The van der Waals surface area contributed by atoms with Crippen LogP contribution in [0.2, 0.25) is 0 Å².